The maximum atomic E-state index is 12.6. The number of para-hydroxylation sites is 3. The third-order valence-electron chi connectivity index (χ3n) is 4.59. The number of fused-ring (bicyclic) bond motifs is 1. The molecule has 1 unspecified atom stereocenters. The van der Waals surface area contributed by atoms with Gasteiger partial charge < -0.3 is 14.8 Å². The number of anilines is 2. The minimum absolute atomic E-state index is 0.186. The Labute approximate surface area is 178 Å². The molecule has 1 atom stereocenters. The highest BCUT2D eigenvalue weighted by atomic mass is 32.2. The molecule has 1 aliphatic rings. The van der Waals surface area contributed by atoms with Gasteiger partial charge in [-0.15, -0.1) is 0 Å². The number of nitrogens with zero attached hydrogens (tertiary/aromatic N) is 1. The summed E-state index contributed by atoms with van der Waals surface area (Å²) in [6, 6.07) is 19.3. The van der Waals surface area contributed by atoms with Gasteiger partial charge in [0, 0.05) is 11.8 Å². The molecular weight excluding hydrogens is 422 g/mol. The van der Waals surface area contributed by atoms with Crippen LogP contribution in [0.15, 0.2) is 77.7 Å². The van der Waals surface area contributed by atoms with Gasteiger partial charge in [-0.1, -0.05) is 30.3 Å². The fourth-order valence-corrected chi connectivity index (χ4v) is 4.17. The van der Waals surface area contributed by atoms with Gasteiger partial charge in [0.05, 0.1) is 16.4 Å². The lowest BCUT2D eigenvalue weighted by atomic mass is 10.2. The summed E-state index contributed by atoms with van der Waals surface area (Å²) in [6.07, 6.45) is -0.363. The number of nitro groups is 1. The van der Waals surface area contributed by atoms with Gasteiger partial charge in [0.1, 0.15) is 18.4 Å². The number of ether oxygens (including phenoxy) is 2. The number of nitrogens with one attached hydrogen (secondary N) is 2. The van der Waals surface area contributed by atoms with Crippen molar-refractivity contribution in [3.8, 4) is 11.5 Å². The molecule has 0 spiro atoms. The van der Waals surface area contributed by atoms with E-state index in [0.717, 1.165) is 6.07 Å². The zero-order chi connectivity index (χ0) is 21.8. The number of sulfonamides is 1. The Morgan fingerprint density at radius 1 is 1.00 bits per heavy atom. The lowest BCUT2D eigenvalue weighted by Gasteiger charge is -2.26. The molecule has 3 aromatic carbocycles. The Hall–Kier alpha value is -3.79. The number of benzene rings is 3. The second kappa shape index (κ2) is 8.52. The van der Waals surface area contributed by atoms with Gasteiger partial charge >= 0.3 is 0 Å². The first-order valence-corrected chi connectivity index (χ1v) is 10.9. The van der Waals surface area contributed by atoms with Crippen molar-refractivity contribution < 1.29 is 22.8 Å². The summed E-state index contributed by atoms with van der Waals surface area (Å²) < 4.78 is 39.1. The number of hydrogen-bond donors (Lipinski definition) is 2. The average molecular weight is 441 g/mol. The quantitative estimate of drug-likeness (QED) is 0.424. The Morgan fingerprint density at radius 2 is 1.71 bits per heavy atom. The van der Waals surface area contributed by atoms with E-state index in [1.807, 2.05) is 12.1 Å². The summed E-state index contributed by atoms with van der Waals surface area (Å²) in [5.74, 6) is 1.24. The molecule has 0 bridgehead atoms. The zero-order valence-corrected chi connectivity index (χ0v) is 17.0. The summed E-state index contributed by atoms with van der Waals surface area (Å²) >= 11 is 0. The standard InChI is InChI=1S/C21H19N3O6S/c25-24(26)19-12-17(31(27,28)23-15-6-2-1-3-7-15)10-11-18(19)22-13-16-14-29-20-8-4-5-9-21(20)30-16/h1-12,16,22-23H,13-14H2. The first-order valence-electron chi connectivity index (χ1n) is 9.41. The lowest BCUT2D eigenvalue weighted by Crippen LogP contribution is -2.35. The third-order valence-corrected chi connectivity index (χ3v) is 5.97. The van der Waals surface area contributed by atoms with E-state index >= 15 is 0 Å². The molecule has 0 amide bonds. The SMILES string of the molecule is O=[N+]([O-])c1cc(S(=O)(=O)Nc2ccccc2)ccc1NCC1COc2ccccc2O1. The predicted molar refractivity (Wildman–Crippen MR) is 115 cm³/mol. The van der Waals surface area contributed by atoms with E-state index in [1.54, 1.807) is 42.5 Å². The van der Waals surface area contributed by atoms with E-state index in [-0.39, 0.29) is 35.5 Å². The molecule has 0 saturated heterocycles. The smallest absolute Gasteiger partial charge is 0.293 e. The second-order valence-electron chi connectivity index (χ2n) is 6.79. The van der Waals surface area contributed by atoms with E-state index in [4.69, 9.17) is 9.47 Å². The van der Waals surface area contributed by atoms with Crippen LogP contribution in [0.25, 0.3) is 0 Å². The van der Waals surface area contributed by atoms with Gasteiger partial charge in [0.25, 0.3) is 15.7 Å². The summed E-state index contributed by atoms with van der Waals surface area (Å²) in [5.41, 5.74) is 0.196. The largest absolute Gasteiger partial charge is 0.486 e. The number of hydrogen-bond acceptors (Lipinski definition) is 7. The second-order valence-corrected chi connectivity index (χ2v) is 8.47. The van der Waals surface area contributed by atoms with E-state index in [9.17, 15) is 18.5 Å². The summed E-state index contributed by atoms with van der Waals surface area (Å²) in [7, 11) is -3.98. The monoisotopic (exact) mass is 441 g/mol. The van der Waals surface area contributed by atoms with Crippen LogP contribution in [0, 0.1) is 10.1 Å². The van der Waals surface area contributed by atoms with Crippen molar-refractivity contribution in [2.75, 3.05) is 23.2 Å². The van der Waals surface area contributed by atoms with Crippen LogP contribution in [-0.4, -0.2) is 32.6 Å². The maximum Gasteiger partial charge on any atom is 0.293 e. The Kier molecular flexibility index (Phi) is 5.63. The van der Waals surface area contributed by atoms with Gasteiger partial charge in [0.15, 0.2) is 11.5 Å². The van der Waals surface area contributed by atoms with Crippen LogP contribution < -0.4 is 19.5 Å². The van der Waals surface area contributed by atoms with Gasteiger partial charge in [-0.3, -0.25) is 14.8 Å². The Morgan fingerprint density at radius 3 is 2.45 bits per heavy atom. The highest BCUT2D eigenvalue weighted by Gasteiger charge is 2.24. The van der Waals surface area contributed by atoms with Crippen molar-refractivity contribution >= 4 is 27.1 Å². The van der Waals surface area contributed by atoms with Crippen LogP contribution in [0.3, 0.4) is 0 Å². The summed E-state index contributed by atoms with van der Waals surface area (Å²) in [5, 5.41) is 14.5. The normalized spacial score (nSPS) is 15.2. The number of rotatable bonds is 7. The van der Waals surface area contributed by atoms with Crippen molar-refractivity contribution in [3.05, 3.63) is 82.9 Å². The van der Waals surface area contributed by atoms with Crippen molar-refractivity contribution in [1.29, 1.82) is 0 Å². The molecule has 0 fully saturated rings. The molecule has 4 rings (SSSR count). The van der Waals surface area contributed by atoms with Gasteiger partial charge in [-0.05, 0) is 36.4 Å². The molecule has 0 saturated carbocycles. The minimum atomic E-state index is -3.98. The van der Waals surface area contributed by atoms with E-state index < -0.39 is 14.9 Å². The molecule has 9 nitrogen and oxygen atoms in total. The first kappa shape index (κ1) is 20.5. The molecule has 2 N–H and O–H groups in total. The van der Waals surface area contributed by atoms with Crippen molar-refractivity contribution in [2.45, 2.75) is 11.0 Å². The van der Waals surface area contributed by atoms with Gasteiger partial charge in [-0.25, -0.2) is 8.42 Å². The summed E-state index contributed by atoms with van der Waals surface area (Å²) in [6.45, 7) is 0.523. The number of nitro benzene ring substituents is 1. The average Bonchev–Trinajstić information content (AvgIpc) is 2.77. The highest BCUT2D eigenvalue weighted by Crippen LogP contribution is 2.32. The van der Waals surface area contributed by atoms with Crippen LogP contribution >= 0.6 is 0 Å². The van der Waals surface area contributed by atoms with E-state index in [0.29, 0.717) is 17.2 Å². The fourth-order valence-electron chi connectivity index (χ4n) is 3.09. The molecule has 0 radical (unpaired) electrons. The molecule has 0 aliphatic carbocycles. The molecule has 1 heterocycles. The van der Waals surface area contributed by atoms with Crippen molar-refractivity contribution in [2.24, 2.45) is 0 Å². The fraction of sp³-hybridized carbons (Fsp3) is 0.143. The van der Waals surface area contributed by atoms with Gasteiger partial charge in [-0.2, -0.15) is 0 Å². The zero-order valence-electron chi connectivity index (χ0n) is 16.2. The van der Waals surface area contributed by atoms with Crippen LogP contribution in [-0.2, 0) is 10.0 Å². The van der Waals surface area contributed by atoms with Crippen LogP contribution in [0.2, 0.25) is 0 Å². The van der Waals surface area contributed by atoms with Crippen molar-refractivity contribution in [3.63, 3.8) is 0 Å². The third kappa shape index (κ3) is 4.69. The molecule has 1 aliphatic heterocycles. The van der Waals surface area contributed by atoms with Crippen LogP contribution in [0.5, 0.6) is 11.5 Å². The predicted octanol–water partition coefficient (Wildman–Crippen LogP) is 3.65. The lowest BCUT2D eigenvalue weighted by molar-refractivity contribution is -0.384. The molecule has 0 aromatic heterocycles. The molecule has 31 heavy (non-hydrogen) atoms. The summed E-state index contributed by atoms with van der Waals surface area (Å²) in [4.78, 5) is 10.7. The Balaban J connectivity index is 1.50. The van der Waals surface area contributed by atoms with Crippen LogP contribution in [0.1, 0.15) is 0 Å². The molecule has 3 aromatic rings. The van der Waals surface area contributed by atoms with Crippen LogP contribution in [0.4, 0.5) is 17.1 Å². The maximum absolute atomic E-state index is 12.6. The van der Waals surface area contributed by atoms with Gasteiger partial charge in [0.2, 0.25) is 0 Å². The molecule has 160 valence electrons. The van der Waals surface area contributed by atoms with E-state index in [1.165, 1.54) is 12.1 Å². The minimum Gasteiger partial charge on any atom is -0.486 e. The van der Waals surface area contributed by atoms with E-state index in [2.05, 4.69) is 10.0 Å². The highest BCUT2D eigenvalue weighted by molar-refractivity contribution is 7.92. The first-order chi connectivity index (χ1) is 14.9. The molecular formula is C21H19N3O6S. The topological polar surface area (TPSA) is 120 Å². The Bertz CT molecular complexity index is 1200. The van der Waals surface area contributed by atoms with Crippen molar-refractivity contribution in [1.82, 2.24) is 0 Å². The molecule has 10 heteroatoms.